The highest BCUT2D eigenvalue weighted by Gasteiger charge is 2.43. The van der Waals surface area contributed by atoms with E-state index in [-0.39, 0.29) is 18.1 Å². The van der Waals surface area contributed by atoms with Crippen molar-refractivity contribution < 1.29 is 9.72 Å². The number of hydrogen-bond acceptors (Lipinski definition) is 6. The molecule has 2 aromatic carbocycles. The zero-order valence-corrected chi connectivity index (χ0v) is 15.6. The van der Waals surface area contributed by atoms with Crippen molar-refractivity contribution in [3.05, 3.63) is 75.8 Å². The Hall–Kier alpha value is -4.04. The fourth-order valence-electron chi connectivity index (χ4n) is 3.51. The van der Waals surface area contributed by atoms with E-state index in [2.05, 4.69) is 5.10 Å². The number of carbonyl (C=O) groups is 1. The summed E-state index contributed by atoms with van der Waals surface area (Å²) in [5.74, 6) is -2.97. The molecule has 0 aromatic heterocycles. The van der Waals surface area contributed by atoms with Gasteiger partial charge < -0.3 is 0 Å². The largest absolute Gasteiger partial charge is 0.272 e. The number of nitrogens with zero attached hydrogens (tertiary/aromatic N) is 5. The molecular weight excluding hydrogens is 370 g/mol. The number of nitro groups is 1. The molecule has 3 rings (SSSR count). The molecule has 8 heteroatoms. The van der Waals surface area contributed by atoms with Crippen LogP contribution in [0.2, 0.25) is 0 Å². The molecule has 144 valence electrons. The molecule has 2 atom stereocenters. The maximum Gasteiger partial charge on any atom is 0.269 e. The number of carbonyl (C=O) groups excluding carboxylic acids is 1. The standard InChI is InChI=1S/C21H17N5O3/c1-14-19(21(27)25(24-14)13-15-5-3-2-4-6-15)20(17(11-22)12-23)16-7-9-18(10-8-16)26(28)29/h2-10,17,19-20H,13H2,1H3/t19-,20+/m0/s1. The molecule has 1 amide bonds. The lowest BCUT2D eigenvalue weighted by Crippen LogP contribution is -2.34. The van der Waals surface area contributed by atoms with E-state index in [1.807, 2.05) is 42.5 Å². The average molecular weight is 387 g/mol. The third kappa shape index (κ3) is 3.97. The van der Waals surface area contributed by atoms with Crippen molar-refractivity contribution in [3.63, 3.8) is 0 Å². The fraction of sp³-hybridized carbons (Fsp3) is 0.238. The molecule has 1 aliphatic heterocycles. The molecule has 29 heavy (non-hydrogen) atoms. The second-order valence-corrected chi connectivity index (χ2v) is 6.71. The quantitative estimate of drug-likeness (QED) is 0.555. The van der Waals surface area contributed by atoms with Crippen LogP contribution in [0.3, 0.4) is 0 Å². The first-order valence-corrected chi connectivity index (χ1v) is 8.90. The summed E-state index contributed by atoms with van der Waals surface area (Å²) in [7, 11) is 0. The van der Waals surface area contributed by atoms with Crippen molar-refractivity contribution in [2.75, 3.05) is 0 Å². The van der Waals surface area contributed by atoms with Crippen molar-refractivity contribution >= 4 is 17.3 Å². The third-order valence-electron chi connectivity index (χ3n) is 4.91. The molecule has 0 bridgehead atoms. The Bertz CT molecular complexity index is 1020. The van der Waals surface area contributed by atoms with Crippen LogP contribution in [-0.2, 0) is 11.3 Å². The molecular formula is C21H17N5O3. The van der Waals surface area contributed by atoms with Gasteiger partial charge in [-0.2, -0.15) is 15.6 Å². The summed E-state index contributed by atoms with van der Waals surface area (Å²) in [6, 6.07) is 18.9. The molecule has 0 saturated carbocycles. The summed E-state index contributed by atoms with van der Waals surface area (Å²) in [5.41, 5.74) is 1.82. The highest BCUT2D eigenvalue weighted by atomic mass is 16.6. The van der Waals surface area contributed by atoms with E-state index in [4.69, 9.17) is 0 Å². The van der Waals surface area contributed by atoms with Gasteiger partial charge in [0, 0.05) is 23.8 Å². The van der Waals surface area contributed by atoms with Gasteiger partial charge in [-0.25, -0.2) is 5.01 Å². The Morgan fingerprint density at radius 2 is 1.76 bits per heavy atom. The number of rotatable bonds is 6. The number of hydrazone groups is 1. The maximum atomic E-state index is 13.1. The Kier molecular flexibility index (Phi) is 5.66. The van der Waals surface area contributed by atoms with Crippen molar-refractivity contribution in [1.29, 1.82) is 10.5 Å². The Morgan fingerprint density at radius 1 is 1.14 bits per heavy atom. The first-order valence-electron chi connectivity index (χ1n) is 8.90. The molecule has 0 fully saturated rings. The van der Waals surface area contributed by atoms with Crippen molar-refractivity contribution in [2.24, 2.45) is 16.9 Å². The highest BCUT2D eigenvalue weighted by Crippen LogP contribution is 2.38. The molecule has 0 aliphatic carbocycles. The van der Waals surface area contributed by atoms with Gasteiger partial charge in [0.2, 0.25) is 0 Å². The SMILES string of the molecule is CC1=NN(Cc2ccccc2)C(=O)[C@@H]1[C@H](c1ccc([N+](=O)[O-])cc1)C(C#N)C#N. The number of nitriles is 2. The molecule has 0 radical (unpaired) electrons. The van der Waals surface area contributed by atoms with E-state index in [9.17, 15) is 25.4 Å². The first-order chi connectivity index (χ1) is 14.0. The summed E-state index contributed by atoms with van der Waals surface area (Å²) >= 11 is 0. The predicted molar refractivity (Wildman–Crippen MR) is 104 cm³/mol. The lowest BCUT2D eigenvalue weighted by molar-refractivity contribution is -0.384. The van der Waals surface area contributed by atoms with E-state index in [0.717, 1.165) is 5.56 Å². The van der Waals surface area contributed by atoms with E-state index < -0.39 is 22.7 Å². The molecule has 0 spiro atoms. The third-order valence-corrected chi connectivity index (χ3v) is 4.91. The van der Waals surface area contributed by atoms with Crippen LogP contribution in [-0.4, -0.2) is 21.6 Å². The van der Waals surface area contributed by atoms with Gasteiger partial charge in [0.05, 0.1) is 29.5 Å². The molecule has 0 N–H and O–H groups in total. The first kappa shape index (κ1) is 19.7. The number of hydrogen-bond donors (Lipinski definition) is 0. The van der Waals surface area contributed by atoms with Gasteiger partial charge >= 0.3 is 0 Å². The van der Waals surface area contributed by atoms with Crippen LogP contribution >= 0.6 is 0 Å². The maximum absolute atomic E-state index is 13.1. The normalized spacial score (nSPS) is 16.8. The molecule has 8 nitrogen and oxygen atoms in total. The minimum absolute atomic E-state index is 0.105. The Morgan fingerprint density at radius 3 is 2.31 bits per heavy atom. The van der Waals surface area contributed by atoms with Crippen LogP contribution in [0.1, 0.15) is 24.0 Å². The van der Waals surface area contributed by atoms with Crippen molar-refractivity contribution in [1.82, 2.24) is 5.01 Å². The van der Waals surface area contributed by atoms with E-state index in [1.165, 1.54) is 29.3 Å². The number of non-ortho nitro benzene ring substituents is 1. The number of amides is 1. The van der Waals surface area contributed by atoms with Gasteiger partial charge in [0.25, 0.3) is 11.6 Å². The number of benzene rings is 2. The van der Waals surface area contributed by atoms with Gasteiger partial charge in [-0.3, -0.25) is 14.9 Å². The van der Waals surface area contributed by atoms with Crippen LogP contribution < -0.4 is 0 Å². The lowest BCUT2D eigenvalue weighted by atomic mass is 9.75. The predicted octanol–water partition coefficient (Wildman–Crippen LogP) is 3.38. The fourth-order valence-corrected chi connectivity index (χ4v) is 3.51. The Balaban J connectivity index is 1.95. The van der Waals surface area contributed by atoms with Crippen LogP contribution in [0, 0.1) is 44.6 Å². The topological polar surface area (TPSA) is 123 Å². The minimum Gasteiger partial charge on any atom is -0.272 e. The highest BCUT2D eigenvalue weighted by molar-refractivity contribution is 6.07. The molecule has 0 unspecified atom stereocenters. The molecule has 2 aromatic rings. The molecule has 1 heterocycles. The van der Waals surface area contributed by atoms with Crippen molar-refractivity contribution in [3.8, 4) is 12.1 Å². The van der Waals surface area contributed by atoms with E-state index in [0.29, 0.717) is 11.3 Å². The summed E-state index contributed by atoms with van der Waals surface area (Å²) in [6.07, 6.45) is 0. The van der Waals surface area contributed by atoms with E-state index in [1.54, 1.807) is 6.92 Å². The smallest absolute Gasteiger partial charge is 0.269 e. The summed E-state index contributed by atoms with van der Waals surface area (Å²) in [4.78, 5) is 23.5. The molecule has 0 saturated heterocycles. The zero-order valence-electron chi connectivity index (χ0n) is 15.6. The van der Waals surface area contributed by atoms with Crippen molar-refractivity contribution in [2.45, 2.75) is 19.4 Å². The second kappa shape index (κ2) is 8.32. The minimum atomic E-state index is -1.10. The lowest BCUT2D eigenvalue weighted by Gasteiger charge is -2.24. The summed E-state index contributed by atoms with van der Waals surface area (Å²) < 4.78 is 0. The van der Waals surface area contributed by atoms with Crippen LogP contribution in [0.15, 0.2) is 59.7 Å². The second-order valence-electron chi connectivity index (χ2n) is 6.71. The van der Waals surface area contributed by atoms with Crippen LogP contribution in [0.25, 0.3) is 0 Å². The van der Waals surface area contributed by atoms with Gasteiger partial charge in [-0.15, -0.1) is 0 Å². The monoisotopic (exact) mass is 387 g/mol. The van der Waals surface area contributed by atoms with Crippen LogP contribution in [0.4, 0.5) is 5.69 Å². The summed E-state index contributed by atoms with van der Waals surface area (Å²) in [6.45, 7) is 1.97. The van der Waals surface area contributed by atoms with Gasteiger partial charge in [0.1, 0.15) is 5.92 Å². The number of nitro benzene ring substituents is 1. The molecule has 1 aliphatic rings. The average Bonchev–Trinajstić information content (AvgIpc) is 3.00. The van der Waals surface area contributed by atoms with E-state index >= 15 is 0 Å². The Labute approximate surface area is 167 Å². The summed E-state index contributed by atoms with van der Waals surface area (Å²) in [5, 5.41) is 35.6. The van der Waals surface area contributed by atoms with Gasteiger partial charge in [-0.1, -0.05) is 42.5 Å². The zero-order chi connectivity index (χ0) is 21.0. The van der Waals surface area contributed by atoms with Crippen LogP contribution in [0.5, 0.6) is 0 Å². The van der Waals surface area contributed by atoms with Gasteiger partial charge in [-0.05, 0) is 18.1 Å². The van der Waals surface area contributed by atoms with Gasteiger partial charge in [0.15, 0.2) is 0 Å².